The molecule has 0 spiro atoms. The van der Waals surface area contributed by atoms with Gasteiger partial charge in [-0.2, -0.15) is 4.98 Å². The highest BCUT2D eigenvalue weighted by atomic mass is 35.5. The second-order valence-electron chi connectivity index (χ2n) is 7.82. The topological polar surface area (TPSA) is 71.7 Å². The van der Waals surface area contributed by atoms with Crippen LogP contribution in [0.15, 0.2) is 59.1 Å². The average molecular weight is 455 g/mol. The number of rotatable bonds is 8. The molecule has 0 saturated carbocycles. The Morgan fingerprint density at radius 1 is 1.09 bits per heavy atom. The van der Waals surface area contributed by atoms with Gasteiger partial charge in [0.05, 0.1) is 12.6 Å². The van der Waals surface area contributed by atoms with E-state index in [2.05, 4.69) is 22.0 Å². The summed E-state index contributed by atoms with van der Waals surface area (Å²) in [6, 6.07) is 17.0. The summed E-state index contributed by atoms with van der Waals surface area (Å²) < 4.78 is 11.2. The lowest BCUT2D eigenvalue weighted by atomic mass is 10.2. The second kappa shape index (κ2) is 10.6. The number of piperazine rings is 1. The largest absolute Gasteiger partial charge is 0.494 e. The molecule has 1 fully saturated rings. The van der Waals surface area contributed by atoms with E-state index in [1.54, 1.807) is 12.1 Å². The van der Waals surface area contributed by atoms with Crippen molar-refractivity contribution >= 4 is 17.5 Å². The van der Waals surface area contributed by atoms with Crippen LogP contribution in [0, 0.1) is 0 Å². The summed E-state index contributed by atoms with van der Waals surface area (Å²) in [5.41, 5.74) is 0.935. The highest BCUT2D eigenvalue weighted by molar-refractivity contribution is 6.30. The van der Waals surface area contributed by atoms with Crippen molar-refractivity contribution in [1.82, 2.24) is 19.9 Å². The third-order valence-corrected chi connectivity index (χ3v) is 5.92. The van der Waals surface area contributed by atoms with Gasteiger partial charge < -0.3 is 14.2 Å². The van der Waals surface area contributed by atoms with Crippen LogP contribution in [-0.4, -0.2) is 58.6 Å². The van der Waals surface area contributed by atoms with Crippen LogP contribution in [0.5, 0.6) is 5.75 Å². The lowest BCUT2D eigenvalue weighted by molar-refractivity contribution is -0.133. The maximum absolute atomic E-state index is 12.6. The molecule has 1 aliphatic heterocycles. The van der Waals surface area contributed by atoms with E-state index >= 15 is 0 Å². The van der Waals surface area contributed by atoms with E-state index in [4.69, 9.17) is 20.9 Å². The van der Waals surface area contributed by atoms with E-state index in [0.717, 1.165) is 24.4 Å². The Labute approximate surface area is 192 Å². The van der Waals surface area contributed by atoms with Gasteiger partial charge in [-0.25, -0.2) is 0 Å². The normalized spacial score (nSPS) is 15.5. The number of nitrogens with zero attached hydrogens (tertiary/aromatic N) is 4. The molecular weight excluding hydrogens is 428 g/mol. The lowest BCUT2D eigenvalue weighted by Crippen LogP contribution is -2.49. The molecule has 168 valence electrons. The van der Waals surface area contributed by atoms with Gasteiger partial charge in [-0.3, -0.25) is 9.69 Å². The number of ether oxygens (including phenoxy) is 1. The van der Waals surface area contributed by atoms with Crippen LogP contribution >= 0.6 is 11.6 Å². The molecule has 1 aromatic heterocycles. The van der Waals surface area contributed by atoms with Crippen molar-refractivity contribution in [1.29, 1.82) is 0 Å². The molecule has 2 heterocycles. The number of amides is 1. The second-order valence-corrected chi connectivity index (χ2v) is 8.26. The summed E-state index contributed by atoms with van der Waals surface area (Å²) in [5, 5.41) is 4.80. The fraction of sp³-hybridized carbons (Fsp3) is 0.375. The molecule has 1 saturated heterocycles. The van der Waals surface area contributed by atoms with Gasteiger partial charge in [0.15, 0.2) is 0 Å². The zero-order valence-electron chi connectivity index (χ0n) is 18.1. The van der Waals surface area contributed by atoms with Crippen LogP contribution in [0.1, 0.15) is 31.7 Å². The zero-order chi connectivity index (χ0) is 22.3. The van der Waals surface area contributed by atoms with Gasteiger partial charge in [-0.1, -0.05) is 47.1 Å². The van der Waals surface area contributed by atoms with Gasteiger partial charge in [0, 0.05) is 43.2 Å². The van der Waals surface area contributed by atoms with Crippen molar-refractivity contribution < 1.29 is 14.1 Å². The molecule has 0 radical (unpaired) electrons. The molecule has 7 nitrogen and oxygen atoms in total. The molecule has 4 rings (SSSR count). The third kappa shape index (κ3) is 5.66. The van der Waals surface area contributed by atoms with E-state index in [-0.39, 0.29) is 11.9 Å². The number of aromatic nitrogens is 2. The third-order valence-electron chi connectivity index (χ3n) is 5.66. The first-order chi connectivity index (χ1) is 15.6. The molecule has 3 aromatic rings. The van der Waals surface area contributed by atoms with Crippen LogP contribution in [0.25, 0.3) is 11.4 Å². The van der Waals surface area contributed by atoms with Crippen molar-refractivity contribution in [2.45, 2.75) is 25.8 Å². The highest BCUT2D eigenvalue weighted by Crippen LogP contribution is 2.23. The highest BCUT2D eigenvalue weighted by Gasteiger charge is 2.27. The molecule has 1 amide bonds. The predicted molar refractivity (Wildman–Crippen MR) is 122 cm³/mol. The van der Waals surface area contributed by atoms with Gasteiger partial charge in [0.2, 0.25) is 17.6 Å². The Morgan fingerprint density at radius 2 is 1.81 bits per heavy atom. The van der Waals surface area contributed by atoms with Gasteiger partial charge in [-0.05, 0) is 37.6 Å². The first-order valence-electron chi connectivity index (χ1n) is 10.9. The predicted octanol–water partition coefficient (Wildman–Crippen LogP) is 4.45. The Hall–Kier alpha value is -2.90. The van der Waals surface area contributed by atoms with E-state index in [0.29, 0.717) is 49.3 Å². The standard InChI is InChI=1S/C24H27ClN4O3/c1-18(24-26-23(27-32-24)19-6-3-2-4-7-19)28-13-15-29(16-14-28)22(30)8-5-17-31-21-11-9-20(25)10-12-21/h2-4,6-7,9-12,18H,5,8,13-17H2,1H3. The first-order valence-corrected chi connectivity index (χ1v) is 11.3. The molecule has 0 N–H and O–H groups in total. The van der Waals surface area contributed by atoms with Crippen LogP contribution in [0.2, 0.25) is 5.02 Å². The van der Waals surface area contributed by atoms with Crippen molar-refractivity contribution in [3.05, 3.63) is 65.5 Å². The summed E-state index contributed by atoms with van der Waals surface area (Å²) in [5.74, 6) is 2.13. The molecule has 32 heavy (non-hydrogen) atoms. The minimum absolute atomic E-state index is 0.00462. The average Bonchev–Trinajstić information content (AvgIpc) is 3.33. The minimum atomic E-state index is 0.00462. The SMILES string of the molecule is CC(c1nc(-c2ccccc2)no1)N1CCN(C(=O)CCCOc2ccc(Cl)cc2)CC1. The van der Waals surface area contributed by atoms with Crippen LogP contribution in [0.4, 0.5) is 0 Å². The monoisotopic (exact) mass is 454 g/mol. The fourth-order valence-electron chi connectivity index (χ4n) is 3.73. The number of hydrogen-bond donors (Lipinski definition) is 0. The van der Waals surface area contributed by atoms with E-state index in [1.165, 1.54) is 0 Å². The molecule has 1 atom stereocenters. The number of halogens is 1. The minimum Gasteiger partial charge on any atom is -0.494 e. The van der Waals surface area contributed by atoms with Crippen molar-refractivity contribution in [2.24, 2.45) is 0 Å². The molecule has 2 aromatic carbocycles. The molecular formula is C24H27ClN4O3. The molecule has 1 unspecified atom stereocenters. The van der Waals surface area contributed by atoms with Gasteiger partial charge in [0.1, 0.15) is 5.75 Å². The molecule has 8 heteroatoms. The van der Waals surface area contributed by atoms with E-state index in [9.17, 15) is 4.79 Å². The lowest BCUT2D eigenvalue weighted by Gasteiger charge is -2.36. The van der Waals surface area contributed by atoms with Crippen molar-refractivity contribution in [2.75, 3.05) is 32.8 Å². The number of carbonyl (C=O) groups is 1. The maximum Gasteiger partial charge on any atom is 0.244 e. The van der Waals surface area contributed by atoms with Crippen LogP contribution < -0.4 is 4.74 Å². The summed E-state index contributed by atoms with van der Waals surface area (Å²) in [6.45, 7) is 5.51. The Balaban J connectivity index is 1.20. The van der Waals surface area contributed by atoms with Gasteiger partial charge in [-0.15, -0.1) is 0 Å². The summed E-state index contributed by atoms with van der Waals surface area (Å²) in [6.07, 6.45) is 1.16. The quantitative estimate of drug-likeness (QED) is 0.468. The molecule has 1 aliphatic rings. The van der Waals surface area contributed by atoms with Gasteiger partial charge in [0.25, 0.3) is 0 Å². The van der Waals surface area contributed by atoms with Crippen molar-refractivity contribution in [3.63, 3.8) is 0 Å². The Kier molecular flexibility index (Phi) is 7.39. The number of carbonyl (C=O) groups excluding carboxylic acids is 1. The molecule has 0 aliphatic carbocycles. The first kappa shape index (κ1) is 22.3. The van der Waals surface area contributed by atoms with Gasteiger partial charge >= 0.3 is 0 Å². The van der Waals surface area contributed by atoms with E-state index < -0.39 is 0 Å². The Bertz CT molecular complexity index is 1000. The number of benzene rings is 2. The Morgan fingerprint density at radius 3 is 2.53 bits per heavy atom. The maximum atomic E-state index is 12.6. The van der Waals surface area contributed by atoms with Crippen LogP contribution in [-0.2, 0) is 4.79 Å². The van der Waals surface area contributed by atoms with E-state index in [1.807, 2.05) is 47.4 Å². The summed E-state index contributed by atoms with van der Waals surface area (Å²) in [7, 11) is 0. The van der Waals surface area contributed by atoms with Crippen LogP contribution in [0.3, 0.4) is 0 Å². The number of hydrogen-bond acceptors (Lipinski definition) is 6. The summed E-state index contributed by atoms with van der Waals surface area (Å²) in [4.78, 5) is 21.3. The fourth-order valence-corrected chi connectivity index (χ4v) is 3.85. The zero-order valence-corrected chi connectivity index (χ0v) is 18.9. The molecule has 0 bridgehead atoms. The smallest absolute Gasteiger partial charge is 0.244 e. The van der Waals surface area contributed by atoms with Crippen molar-refractivity contribution in [3.8, 4) is 17.1 Å². The summed E-state index contributed by atoms with van der Waals surface area (Å²) >= 11 is 5.87.